The molecule has 2 aliphatic carbocycles. The van der Waals surface area contributed by atoms with Crippen molar-refractivity contribution in [1.29, 1.82) is 0 Å². The second-order valence-electron chi connectivity index (χ2n) is 9.10. The van der Waals surface area contributed by atoms with Crippen molar-refractivity contribution in [3.05, 3.63) is 49.3 Å². The van der Waals surface area contributed by atoms with E-state index in [1.54, 1.807) is 45.8 Å². The van der Waals surface area contributed by atoms with Gasteiger partial charge in [-0.05, 0) is 12.1 Å². The van der Waals surface area contributed by atoms with Crippen LogP contribution in [0.2, 0.25) is 0 Å². The lowest BCUT2D eigenvalue weighted by Gasteiger charge is -2.16. The molecule has 4 aromatic heterocycles. The first kappa shape index (κ1) is 25.7. The predicted molar refractivity (Wildman–Crippen MR) is 138 cm³/mol. The molecule has 0 fully saturated rings. The van der Waals surface area contributed by atoms with Crippen molar-refractivity contribution in [2.75, 3.05) is 24.7 Å². The molecule has 2 aliphatic rings. The smallest absolute Gasteiger partial charge is 0.151 e. The highest BCUT2D eigenvalue weighted by molar-refractivity contribution is 5.88. The van der Waals surface area contributed by atoms with E-state index in [0.717, 1.165) is 0 Å². The molecule has 0 saturated heterocycles. The quantitative estimate of drug-likeness (QED) is 0.151. The second kappa shape index (κ2) is 10.1. The van der Waals surface area contributed by atoms with E-state index < -0.39 is 36.3 Å². The van der Waals surface area contributed by atoms with Gasteiger partial charge in [-0.3, -0.25) is 9.13 Å². The molecule has 6 atom stereocenters. The number of nitrogens with two attached hydrogens (primary N) is 2. The van der Waals surface area contributed by atoms with Crippen LogP contribution in [0.1, 0.15) is 0 Å². The van der Waals surface area contributed by atoms with Gasteiger partial charge in [-0.25, -0.2) is 19.9 Å². The van der Waals surface area contributed by atoms with Gasteiger partial charge in [-0.15, -0.1) is 0 Å². The number of nitrogen functional groups attached to an aromatic ring is 2. The standard InChI is InChI=1S/2C12H14N4O3/c2*13-12-9-7(1-2-14-12)16(5-15-9)8-3-6(4-17)10(18)11(8)19/h2*1-3,5-6,10-11,17-19H,4H2,(H2,13,14)/t2*6-,10-,11+/m10/s1. The zero-order valence-electron chi connectivity index (χ0n) is 20.0. The third kappa shape index (κ3) is 4.18. The van der Waals surface area contributed by atoms with Crippen molar-refractivity contribution >= 4 is 45.1 Å². The maximum atomic E-state index is 10.0. The van der Waals surface area contributed by atoms with Gasteiger partial charge in [0.1, 0.15) is 35.9 Å². The molecule has 4 heterocycles. The lowest BCUT2D eigenvalue weighted by Crippen LogP contribution is -2.30. The summed E-state index contributed by atoms with van der Waals surface area (Å²) in [5, 5.41) is 58.0. The topological polar surface area (TPSA) is 235 Å². The summed E-state index contributed by atoms with van der Waals surface area (Å²) in [6.07, 6.45) is 5.27. The van der Waals surface area contributed by atoms with Crippen LogP contribution in [0.15, 0.2) is 49.3 Å². The van der Waals surface area contributed by atoms with Crippen molar-refractivity contribution in [3.63, 3.8) is 0 Å². The van der Waals surface area contributed by atoms with Gasteiger partial charge >= 0.3 is 0 Å². The van der Waals surface area contributed by atoms with Gasteiger partial charge < -0.3 is 42.1 Å². The largest absolute Gasteiger partial charge is 0.396 e. The fraction of sp³-hybridized carbons (Fsp3) is 0.333. The summed E-state index contributed by atoms with van der Waals surface area (Å²) in [6.45, 7) is -0.448. The van der Waals surface area contributed by atoms with Crippen LogP contribution in [0, 0.1) is 11.8 Å². The van der Waals surface area contributed by atoms with Gasteiger partial charge in [0, 0.05) is 24.2 Å². The van der Waals surface area contributed by atoms with Crippen LogP contribution < -0.4 is 11.5 Å². The van der Waals surface area contributed by atoms with E-state index in [2.05, 4.69) is 19.9 Å². The average molecular weight is 525 g/mol. The molecule has 6 rings (SSSR count). The molecule has 0 aromatic carbocycles. The minimum absolute atomic E-state index is 0.224. The first-order valence-electron chi connectivity index (χ1n) is 11.8. The molecule has 10 N–H and O–H groups in total. The molecule has 14 heteroatoms. The van der Waals surface area contributed by atoms with Crippen LogP contribution >= 0.6 is 0 Å². The Morgan fingerprint density at radius 2 is 1.05 bits per heavy atom. The summed E-state index contributed by atoms with van der Waals surface area (Å²) in [5.74, 6) is -0.351. The second-order valence-corrected chi connectivity index (χ2v) is 9.10. The number of aromatic nitrogens is 6. The summed E-state index contributed by atoms with van der Waals surface area (Å²) in [6, 6.07) is 3.45. The van der Waals surface area contributed by atoms with Crippen LogP contribution in [0.5, 0.6) is 0 Å². The minimum atomic E-state index is -1.07. The Kier molecular flexibility index (Phi) is 6.83. The molecule has 0 saturated carbocycles. The van der Waals surface area contributed by atoms with E-state index in [9.17, 15) is 20.4 Å². The van der Waals surface area contributed by atoms with E-state index in [1.807, 2.05) is 0 Å². The maximum Gasteiger partial charge on any atom is 0.151 e. The van der Waals surface area contributed by atoms with E-state index in [-0.39, 0.29) is 13.2 Å². The Morgan fingerprint density at radius 1 is 0.658 bits per heavy atom. The van der Waals surface area contributed by atoms with Crippen LogP contribution in [0.3, 0.4) is 0 Å². The molecule has 0 aliphatic heterocycles. The monoisotopic (exact) mass is 524 g/mol. The SMILES string of the molecule is Nc1nccc2c1ncn2C1=C[C@@H](CO)[C@H](O)[C@@H]1O.Nc1nccc2c1ncn2C1=C[C@H](CO)[C@@H](O)[C@H]1O. The molecule has 200 valence electrons. The minimum Gasteiger partial charge on any atom is -0.396 e. The molecular weight excluding hydrogens is 496 g/mol. The number of anilines is 2. The van der Waals surface area contributed by atoms with E-state index in [0.29, 0.717) is 45.1 Å². The van der Waals surface area contributed by atoms with Gasteiger partial charge in [0.05, 0.1) is 47.8 Å². The Balaban J connectivity index is 0.000000155. The van der Waals surface area contributed by atoms with Gasteiger partial charge in [0.25, 0.3) is 0 Å². The predicted octanol–water partition coefficient (Wildman–Crippen LogP) is -1.60. The van der Waals surface area contributed by atoms with Crippen LogP contribution in [0.4, 0.5) is 11.6 Å². The van der Waals surface area contributed by atoms with Gasteiger partial charge in [0.2, 0.25) is 0 Å². The Morgan fingerprint density at radius 3 is 1.39 bits per heavy atom. The normalized spacial score (nSPS) is 26.9. The first-order chi connectivity index (χ1) is 18.3. The molecule has 0 bridgehead atoms. The molecule has 4 aromatic rings. The van der Waals surface area contributed by atoms with Gasteiger partial charge in [-0.2, -0.15) is 0 Å². The number of rotatable bonds is 4. The van der Waals surface area contributed by atoms with E-state index in [4.69, 9.17) is 21.7 Å². The number of aliphatic hydroxyl groups is 6. The maximum absolute atomic E-state index is 10.0. The Labute approximate surface area is 215 Å². The molecule has 14 nitrogen and oxygen atoms in total. The summed E-state index contributed by atoms with van der Waals surface area (Å²) in [4.78, 5) is 16.2. The fourth-order valence-electron chi connectivity index (χ4n) is 4.76. The van der Waals surface area contributed by atoms with Crippen molar-refractivity contribution in [1.82, 2.24) is 29.1 Å². The number of imidazole rings is 2. The zero-order chi connectivity index (χ0) is 27.1. The number of fused-ring (bicyclic) bond motifs is 2. The number of nitrogens with zero attached hydrogens (tertiary/aromatic N) is 6. The van der Waals surface area contributed by atoms with Crippen molar-refractivity contribution in [3.8, 4) is 0 Å². The number of hydrogen-bond acceptors (Lipinski definition) is 12. The molecule has 0 radical (unpaired) electrons. The van der Waals surface area contributed by atoms with E-state index in [1.165, 1.54) is 12.7 Å². The van der Waals surface area contributed by atoms with Crippen molar-refractivity contribution in [2.24, 2.45) is 11.8 Å². The highest BCUT2D eigenvalue weighted by Gasteiger charge is 2.36. The van der Waals surface area contributed by atoms with Crippen LogP contribution in [0.25, 0.3) is 33.5 Å². The van der Waals surface area contributed by atoms with E-state index >= 15 is 0 Å². The molecule has 0 unspecified atom stereocenters. The lowest BCUT2D eigenvalue weighted by molar-refractivity contribution is 0.0198. The zero-order valence-corrected chi connectivity index (χ0v) is 20.0. The van der Waals surface area contributed by atoms with Gasteiger partial charge in [0.15, 0.2) is 11.6 Å². The highest BCUT2D eigenvalue weighted by atomic mass is 16.3. The van der Waals surface area contributed by atoms with Crippen LogP contribution in [-0.4, -0.2) is 97.3 Å². The lowest BCUT2D eigenvalue weighted by atomic mass is 10.1. The number of hydrogen-bond donors (Lipinski definition) is 8. The highest BCUT2D eigenvalue weighted by Crippen LogP contribution is 2.32. The Bertz CT molecular complexity index is 1420. The third-order valence-corrected chi connectivity index (χ3v) is 6.86. The molecule has 0 spiro atoms. The third-order valence-electron chi connectivity index (χ3n) is 6.86. The van der Waals surface area contributed by atoms with Crippen molar-refractivity contribution < 1.29 is 30.6 Å². The van der Waals surface area contributed by atoms with Crippen LogP contribution in [-0.2, 0) is 0 Å². The summed E-state index contributed by atoms with van der Waals surface area (Å²) < 4.78 is 3.30. The first-order valence-corrected chi connectivity index (χ1v) is 11.8. The molecule has 38 heavy (non-hydrogen) atoms. The molecule has 0 amide bonds. The number of pyridine rings is 2. The summed E-state index contributed by atoms with van der Waals surface area (Å²) in [5.41, 5.74) is 14.9. The summed E-state index contributed by atoms with van der Waals surface area (Å²) >= 11 is 0. The Hall–Kier alpha value is -3.92. The number of aliphatic hydroxyl groups excluding tert-OH is 6. The fourth-order valence-corrected chi connectivity index (χ4v) is 4.76. The average Bonchev–Trinajstić information content (AvgIpc) is 3.67. The van der Waals surface area contributed by atoms with Gasteiger partial charge in [-0.1, -0.05) is 12.2 Å². The summed E-state index contributed by atoms with van der Waals surface area (Å²) in [7, 11) is 0. The molecular formula is C24H28N8O6. The van der Waals surface area contributed by atoms with Crippen molar-refractivity contribution in [2.45, 2.75) is 24.4 Å².